The summed E-state index contributed by atoms with van der Waals surface area (Å²) in [6, 6.07) is 5.38. The van der Waals surface area contributed by atoms with Crippen LogP contribution in [-0.4, -0.2) is 36.8 Å². The number of aromatic amines is 1. The molecule has 22 heavy (non-hydrogen) atoms. The van der Waals surface area contributed by atoms with Crippen LogP contribution in [0.4, 0.5) is 5.69 Å². The maximum atomic E-state index is 11.9. The Hall–Kier alpha value is -1.70. The van der Waals surface area contributed by atoms with Crippen molar-refractivity contribution in [2.45, 2.75) is 25.4 Å². The number of hydrogen-bond donors (Lipinski definition) is 2. The van der Waals surface area contributed by atoms with E-state index in [-0.39, 0.29) is 12.0 Å². The van der Waals surface area contributed by atoms with E-state index < -0.39 is 0 Å². The van der Waals surface area contributed by atoms with Gasteiger partial charge in [-0.25, -0.2) is 0 Å². The van der Waals surface area contributed by atoms with Gasteiger partial charge in [0.25, 0.3) is 4.84 Å². The fraction of sp³-hybridized carbons (Fsp3) is 0.467. The third kappa shape index (κ3) is 3.94. The Labute approximate surface area is 132 Å². The van der Waals surface area contributed by atoms with Gasteiger partial charge in [-0.05, 0) is 37.2 Å². The van der Waals surface area contributed by atoms with Crippen molar-refractivity contribution in [3.05, 3.63) is 23.0 Å². The molecule has 0 aliphatic carbocycles. The van der Waals surface area contributed by atoms with Crippen LogP contribution in [0.2, 0.25) is 0 Å². The van der Waals surface area contributed by atoms with Gasteiger partial charge in [0.15, 0.2) is 5.58 Å². The molecule has 0 radical (unpaired) electrons. The second-order valence-corrected chi connectivity index (χ2v) is 5.58. The van der Waals surface area contributed by atoms with Crippen LogP contribution in [0.3, 0.4) is 0 Å². The number of nitrogens with one attached hydrogen (secondary N) is 2. The summed E-state index contributed by atoms with van der Waals surface area (Å²) in [6.07, 6.45) is 2.33. The molecule has 0 unspecified atom stereocenters. The zero-order valence-corrected chi connectivity index (χ0v) is 12.9. The van der Waals surface area contributed by atoms with E-state index >= 15 is 0 Å². The number of carbonyl (C=O) groups excluding carboxylic acids is 1. The Bertz CT molecular complexity index is 703. The Kier molecular flexibility index (Phi) is 4.87. The summed E-state index contributed by atoms with van der Waals surface area (Å²) in [5.74, 6) is -0.0828. The van der Waals surface area contributed by atoms with Crippen molar-refractivity contribution in [3.63, 3.8) is 0 Å². The number of anilines is 1. The van der Waals surface area contributed by atoms with E-state index in [1.807, 2.05) is 6.07 Å². The highest BCUT2D eigenvalue weighted by Gasteiger charge is 2.14. The van der Waals surface area contributed by atoms with Crippen molar-refractivity contribution in [2.24, 2.45) is 0 Å². The van der Waals surface area contributed by atoms with Crippen molar-refractivity contribution in [2.75, 3.05) is 25.1 Å². The standard InChI is InChI=1S/C15H18N2O4S/c18-14(5-8-20-11-3-6-19-7-4-11)16-10-1-2-12-13(9-10)21-15(22)17-12/h1-2,9,11H,3-8H2,(H,16,18)(H,17,22). The van der Waals surface area contributed by atoms with Crippen molar-refractivity contribution in [1.82, 2.24) is 4.98 Å². The first-order valence-electron chi connectivity index (χ1n) is 7.33. The Balaban J connectivity index is 1.48. The van der Waals surface area contributed by atoms with Crippen LogP contribution < -0.4 is 5.32 Å². The molecule has 2 N–H and O–H groups in total. The molecule has 2 heterocycles. The molecule has 1 aliphatic rings. The molecule has 0 bridgehead atoms. The van der Waals surface area contributed by atoms with Gasteiger partial charge in [-0.15, -0.1) is 0 Å². The van der Waals surface area contributed by atoms with Crippen molar-refractivity contribution < 1.29 is 18.7 Å². The maximum absolute atomic E-state index is 11.9. The molecule has 0 spiro atoms. The number of H-pyrrole nitrogens is 1. The number of benzene rings is 1. The van der Waals surface area contributed by atoms with Gasteiger partial charge in [-0.2, -0.15) is 0 Å². The van der Waals surface area contributed by atoms with Crippen LogP contribution in [0.15, 0.2) is 22.6 Å². The number of amides is 1. The van der Waals surface area contributed by atoms with Crippen molar-refractivity contribution in [1.29, 1.82) is 0 Å². The molecule has 1 saturated heterocycles. The maximum Gasteiger partial charge on any atom is 0.266 e. The predicted molar refractivity (Wildman–Crippen MR) is 84.4 cm³/mol. The summed E-state index contributed by atoms with van der Waals surface area (Å²) in [7, 11) is 0. The summed E-state index contributed by atoms with van der Waals surface area (Å²) in [6.45, 7) is 1.90. The van der Waals surface area contributed by atoms with Gasteiger partial charge < -0.3 is 24.2 Å². The molecule has 1 aromatic heterocycles. The first kappa shape index (κ1) is 15.2. The monoisotopic (exact) mass is 322 g/mol. The molecule has 6 nitrogen and oxygen atoms in total. The second kappa shape index (κ2) is 7.04. The number of rotatable bonds is 5. The highest BCUT2D eigenvalue weighted by atomic mass is 32.1. The Morgan fingerprint density at radius 2 is 2.23 bits per heavy atom. The quantitative estimate of drug-likeness (QED) is 0.828. The lowest BCUT2D eigenvalue weighted by Crippen LogP contribution is -2.25. The predicted octanol–water partition coefficient (Wildman–Crippen LogP) is 3.01. The first-order chi connectivity index (χ1) is 10.7. The van der Waals surface area contributed by atoms with Crippen molar-refractivity contribution in [3.8, 4) is 0 Å². The average molecular weight is 322 g/mol. The van der Waals surface area contributed by atoms with E-state index in [1.54, 1.807) is 12.1 Å². The molecule has 1 aliphatic heterocycles. The number of carbonyl (C=O) groups is 1. The topological polar surface area (TPSA) is 76.5 Å². The van der Waals surface area contributed by atoms with Gasteiger partial charge in [-0.3, -0.25) is 4.79 Å². The fourth-order valence-electron chi connectivity index (χ4n) is 2.41. The largest absolute Gasteiger partial charge is 0.429 e. The smallest absolute Gasteiger partial charge is 0.266 e. The van der Waals surface area contributed by atoms with Crippen LogP contribution in [0, 0.1) is 4.84 Å². The lowest BCUT2D eigenvalue weighted by atomic mass is 10.1. The second-order valence-electron chi connectivity index (χ2n) is 5.21. The van der Waals surface area contributed by atoms with E-state index in [0.717, 1.165) is 31.6 Å². The number of ether oxygens (including phenoxy) is 2. The van der Waals surface area contributed by atoms with E-state index in [0.29, 0.717) is 29.1 Å². The first-order valence-corrected chi connectivity index (χ1v) is 7.73. The molecule has 1 fully saturated rings. The summed E-state index contributed by atoms with van der Waals surface area (Å²) < 4.78 is 16.3. The molecular weight excluding hydrogens is 304 g/mol. The molecule has 0 saturated carbocycles. The minimum atomic E-state index is -0.0828. The fourth-order valence-corrected chi connectivity index (χ4v) is 2.61. The average Bonchev–Trinajstić information content (AvgIpc) is 2.87. The Morgan fingerprint density at radius 3 is 3.05 bits per heavy atom. The minimum Gasteiger partial charge on any atom is -0.429 e. The van der Waals surface area contributed by atoms with Gasteiger partial charge in [0.2, 0.25) is 5.91 Å². The Morgan fingerprint density at radius 1 is 1.41 bits per heavy atom. The SMILES string of the molecule is O=C(CCOC1CCOCC1)Nc1ccc2[nH]c(=S)oc2c1. The summed E-state index contributed by atoms with van der Waals surface area (Å²) >= 11 is 4.93. The minimum absolute atomic E-state index is 0.0828. The van der Waals surface area contributed by atoms with Crippen LogP contribution in [0.25, 0.3) is 11.1 Å². The third-order valence-corrected chi connectivity index (χ3v) is 3.74. The normalized spacial score (nSPS) is 16.0. The summed E-state index contributed by atoms with van der Waals surface area (Å²) in [5, 5.41) is 2.83. The molecule has 118 valence electrons. The van der Waals surface area contributed by atoms with E-state index in [4.69, 9.17) is 26.1 Å². The van der Waals surface area contributed by atoms with E-state index in [9.17, 15) is 4.79 Å². The van der Waals surface area contributed by atoms with Crippen molar-refractivity contribution >= 4 is 34.9 Å². The summed E-state index contributed by atoms with van der Waals surface area (Å²) in [5.41, 5.74) is 2.12. The highest BCUT2D eigenvalue weighted by Crippen LogP contribution is 2.19. The molecule has 3 rings (SSSR count). The third-order valence-electron chi connectivity index (χ3n) is 3.56. The molecule has 7 heteroatoms. The highest BCUT2D eigenvalue weighted by molar-refractivity contribution is 7.71. The molecule has 2 aromatic rings. The van der Waals surface area contributed by atoms with Crippen LogP contribution >= 0.6 is 12.2 Å². The van der Waals surface area contributed by atoms with Gasteiger partial charge in [0, 0.05) is 25.0 Å². The number of fused-ring (bicyclic) bond motifs is 1. The number of hydrogen-bond acceptors (Lipinski definition) is 5. The molecule has 0 atom stereocenters. The van der Waals surface area contributed by atoms with Crippen LogP contribution in [0.5, 0.6) is 0 Å². The van der Waals surface area contributed by atoms with Crippen LogP contribution in [0.1, 0.15) is 19.3 Å². The molecule has 1 aromatic carbocycles. The molecular formula is C15H18N2O4S. The number of oxazole rings is 1. The zero-order valence-electron chi connectivity index (χ0n) is 12.1. The number of aromatic nitrogens is 1. The van der Waals surface area contributed by atoms with Gasteiger partial charge >= 0.3 is 0 Å². The molecule has 1 amide bonds. The van der Waals surface area contributed by atoms with Gasteiger partial charge in [-0.1, -0.05) is 0 Å². The van der Waals surface area contributed by atoms with E-state index in [2.05, 4.69) is 10.3 Å². The summed E-state index contributed by atoms with van der Waals surface area (Å²) in [4.78, 5) is 15.2. The van der Waals surface area contributed by atoms with E-state index in [1.165, 1.54) is 0 Å². The van der Waals surface area contributed by atoms with Gasteiger partial charge in [0.05, 0.1) is 24.6 Å². The van der Waals surface area contributed by atoms with Gasteiger partial charge in [0.1, 0.15) is 0 Å². The van der Waals surface area contributed by atoms with Crippen LogP contribution in [-0.2, 0) is 14.3 Å². The zero-order chi connectivity index (χ0) is 15.4. The lowest BCUT2D eigenvalue weighted by Gasteiger charge is -2.22. The lowest BCUT2D eigenvalue weighted by molar-refractivity contribution is -0.118.